The summed E-state index contributed by atoms with van der Waals surface area (Å²) in [7, 11) is 1.78. The molecule has 4 nitrogen and oxygen atoms in total. The number of halogens is 1. The fraction of sp³-hybridized carbons (Fsp3) is 0.417. The van der Waals surface area contributed by atoms with Gasteiger partial charge in [0.2, 0.25) is 0 Å². The van der Waals surface area contributed by atoms with Crippen LogP contribution in [0.5, 0.6) is 0 Å². The summed E-state index contributed by atoms with van der Waals surface area (Å²) in [4.78, 5) is 15.5. The Morgan fingerprint density at radius 1 is 1.53 bits per heavy atom. The number of aryl methyl sites for hydroxylation is 1. The van der Waals surface area contributed by atoms with Gasteiger partial charge in [-0.15, -0.1) is 0 Å². The minimum atomic E-state index is -0.00845. The van der Waals surface area contributed by atoms with Crippen LogP contribution in [0, 0.1) is 6.92 Å². The lowest BCUT2D eigenvalue weighted by atomic mass is 10.2. The molecule has 0 saturated carbocycles. The number of rotatable bonds is 2. The highest BCUT2D eigenvalue weighted by Crippen LogP contribution is 2.27. The summed E-state index contributed by atoms with van der Waals surface area (Å²) < 4.78 is 0. The van der Waals surface area contributed by atoms with Crippen molar-refractivity contribution in [2.45, 2.75) is 13.0 Å². The monoisotopic (exact) mass is 253 g/mol. The summed E-state index contributed by atoms with van der Waals surface area (Å²) in [6, 6.07) is 5.61. The van der Waals surface area contributed by atoms with Crippen molar-refractivity contribution in [3.05, 3.63) is 28.8 Å². The number of nitrogens with zero attached hydrogens (tertiary/aromatic N) is 2. The highest BCUT2D eigenvalue weighted by Gasteiger charge is 2.34. The zero-order valence-electron chi connectivity index (χ0n) is 9.98. The number of hydrogen-bond donors (Lipinski definition) is 1. The predicted octanol–water partition coefficient (Wildman–Crippen LogP) is 1.85. The molecule has 5 heteroatoms. The van der Waals surface area contributed by atoms with E-state index in [2.05, 4.69) is 0 Å². The minimum absolute atomic E-state index is 0.00845. The van der Waals surface area contributed by atoms with Gasteiger partial charge >= 0.3 is 6.03 Å². The van der Waals surface area contributed by atoms with Gasteiger partial charge in [0, 0.05) is 30.8 Å². The molecule has 1 aromatic carbocycles. The van der Waals surface area contributed by atoms with Crippen LogP contribution in [0.15, 0.2) is 18.2 Å². The molecule has 2 rings (SSSR count). The summed E-state index contributed by atoms with van der Waals surface area (Å²) in [6.45, 7) is 3.06. The third-order valence-electron chi connectivity index (χ3n) is 3.20. The van der Waals surface area contributed by atoms with Crippen LogP contribution in [0.1, 0.15) is 5.56 Å². The summed E-state index contributed by atoms with van der Waals surface area (Å²) in [5, 5.41) is 0.682. The molecule has 1 atom stereocenters. The lowest BCUT2D eigenvalue weighted by molar-refractivity contribution is 0.219. The van der Waals surface area contributed by atoms with Gasteiger partial charge in [-0.25, -0.2) is 4.79 Å². The van der Waals surface area contributed by atoms with Crippen molar-refractivity contribution < 1.29 is 4.79 Å². The Morgan fingerprint density at radius 3 is 2.76 bits per heavy atom. The number of urea groups is 1. The van der Waals surface area contributed by atoms with E-state index in [-0.39, 0.29) is 12.1 Å². The second-order valence-electron chi connectivity index (χ2n) is 4.32. The van der Waals surface area contributed by atoms with Crippen molar-refractivity contribution in [2.75, 3.05) is 25.0 Å². The van der Waals surface area contributed by atoms with E-state index in [1.54, 1.807) is 22.9 Å². The molecule has 1 aliphatic rings. The lowest BCUT2D eigenvalue weighted by Crippen LogP contribution is -2.35. The number of amides is 2. The number of likely N-dealkylation sites (N-methyl/N-ethyl adjacent to an activating group) is 1. The molecule has 0 bridgehead atoms. The van der Waals surface area contributed by atoms with Crippen LogP contribution in [-0.4, -0.2) is 37.1 Å². The average Bonchev–Trinajstić information content (AvgIpc) is 2.57. The van der Waals surface area contributed by atoms with Crippen LogP contribution in [0.3, 0.4) is 0 Å². The summed E-state index contributed by atoms with van der Waals surface area (Å²) in [6.07, 6.45) is 0. The van der Waals surface area contributed by atoms with Crippen LogP contribution in [0.25, 0.3) is 0 Å². The van der Waals surface area contributed by atoms with E-state index in [4.69, 9.17) is 17.3 Å². The number of carbonyl (C=O) groups is 1. The third-order valence-corrected chi connectivity index (χ3v) is 3.43. The van der Waals surface area contributed by atoms with Gasteiger partial charge in [0.05, 0.1) is 6.04 Å². The molecule has 1 fully saturated rings. The normalized spacial score (nSPS) is 20.2. The Kier molecular flexibility index (Phi) is 3.26. The van der Waals surface area contributed by atoms with Gasteiger partial charge in [-0.2, -0.15) is 0 Å². The SMILES string of the molecule is Cc1cc(Cl)ccc1N1CC(CN)N(C)C1=O. The molecule has 1 unspecified atom stereocenters. The average molecular weight is 254 g/mol. The topological polar surface area (TPSA) is 49.6 Å². The highest BCUT2D eigenvalue weighted by molar-refractivity contribution is 6.30. The maximum Gasteiger partial charge on any atom is 0.324 e. The molecular formula is C12H16ClN3O. The molecule has 2 amide bonds. The Balaban J connectivity index is 2.32. The molecule has 0 radical (unpaired) electrons. The van der Waals surface area contributed by atoms with Gasteiger partial charge in [0.1, 0.15) is 0 Å². The van der Waals surface area contributed by atoms with E-state index in [9.17, 15) is 4.79 Å². The third kappa shape index (κ3) is 2.10. The number of anilines is 1. The van der Waals surface area contributed by atoms with Gasteiger partial charge in [0.15, 0.2) is 0 Å². The van der Waals surface area contributed by atoms with E-state index in [0.29, 0.717) is 18.1 Å². The first-order valence-corrected chi connectivity index (χ1v) is 5.93. The first kappa shape index (κ1) is 12.2. The van der Waals surface area contributed by atoms with Gasteiger partial charge in [-0.1, -0.05) is 11.6 Å². The molecule has 2 N–H and O–H groups in total. The zero-order chi connectivity index (χ0) is 12.6. The molecule has 17 heavy (non-hydrogen) atoms. The summed E-state index contributed by atoms with van der Waals surface area (Å²) in [5.74, 6) is 0. The number of carbonyl (C=O) groups excluding carboxylic acids is 1. The fourth-order valence-corrected chi connectivity index (χ4v) is 2.34. The fourth-order valence-electron chi connectivity index (χ4n) is 2.11. The van der Waals surface area contributed by atoms with E-state index < -0.39 is 0 Å². The maximum absolute atomic E-state index is 12.1. The summed E-state index contributed by atoms with van der Waals surface area (Å²) in [5.41, 5.74) is 7.55. The van der Waals surface area contributed by atoms with Crippen LogP contribution in [0.4, 0.5) is 10.5 Å². The molecular weight excluding hydrogens is 238 g/mol. The molecule has 92 valence electrons. The molecule has 1 aliphatic heterocycles. The Labute approximate surface area is 106 Å². The second-order valence-corrected chi connectivity index (χ2v) is 4.76. The standard InChI is InChI=1S/C12H16ClN3O/c1-8-5-9(13)3-4-11(8)16-7-10(6-14)15(2)12(16)17/h3-5,10H,6-7,14H2,1-2H3. The van der Waals surface area contributed by atoms with Crippen LogP contribution in [0.2, 0.25) is 5.02 Å². The molecule has 1 saturated heterocycles. The molecule has 1 aromatic rings. The Bertz CT molecular complexity index is 449. The first-order chi connectivity index (χ1) is 8.04. The van der Waals surface area contributed by atoms with Crippen molar-refractivity contribution >= 4 is 23.3 Å². The van der Waals surface area contributed by atoms with Crippen LogP contribution in [-0.2, 0) is 0 Å². The second kappa shape index (κ2) is 4.55. The summed E-state index contributed by atoms with van der Waals surface area (Å²) >= 11 is 5.91. The zero-order valence-corrected chi connectivity index (χ0v) is 10.7. The van der Waals surface area contributed by atoms with Gasteiger partial charge in [0.25, 0.3) is 0 Å². The number of hydrogen-bond acceptors (Lipinski definition) is 2. The van der Waals surface area contributed by atoms with E-state index in [0.717, 1.165) is 11.3 Å². The van der Waals surface area contributed by atoms with Crippen molar-refractivity contribution in [3.8, 4) is 0 Å². The van der Waals surface area contributed by atoms with Crippen molar-refractivity contribution in [3.63, 3.8) is 0 Å². The molecule has 0 spiro atoms. The number of benzene rings is 1. The largest absolute Gasteiger partial charge is 0.328 e. The van der Waals surface area contributed by atoms with E-state index in [1.807, 2.05) is 19.1 Å². The van der Waals surface area contributed by atoms with E-state index >= 15 is 0 Å². The smallest absolute Gasteiger partial charge is 0.324 e. The molecule has 0 aromatic heterocycles. The van der Waals surface area contributed by atoms with Crippen molar-refractivity contribution in [1.29, 1.82) is 0 Å². The van der Waals surface area contributed by atoms with E-state index in [1.165, 1.54) is 0 Å². The Hall–Kier alpha value is -1.26. The maximum atomic E-state index is 12.1. The predicted molar refractivity (Wildman–Crippen MR) is 69.5 cm³/mol. The van der Waals surface area contributed by atoms with Gasteiger partial charge < -0.3 is 10.6 Å². The highest BCUT2D eigenvalue weighted by atomic mass is 35.5. The van der Waals surface area contributed by atoms with Crippen LogP contribution >= 0.6 is 11.6 Å². The quantitative estimate of drug-likeness (QED) is 0.875. The van der Waals surface area contributed by atoms with Gasteiger partial charge in [-0.05, 0) is 30.7 Å². The van der Waals surface area contributed by atoms with Crippen molar-refractivity contribution in [2.24, 2.45) is 5.73 Å². The first-order valence-electron chi connectivity index (χ1n) is 5.55. The molecule has 1 heterocycles. The van der Waals surface area contributed by atoms with Crippen LogP contribution < -0.4 is 10.6 Å². The van der Waals surface area contributed by atoms with Gasteiger partial charge in [-0.3, -0.25) is 4.90 Å². The molecule has 0 aliphatic carbocycles. The van der Waals surface area contributed by atoms with Crippen molar-refractivity contribution in [1.82, 2.24) is 4.90 Å². The Morgan fingerprint density at radius 2 is 2.24 bits per heavy atom. The minimum Gasteiger partial charge on any atom is -0.328 e. The number of nitrogens with two attached hydrogens (primary N) is 1. The lowest BCUT2D eigenvalue weighted by Gasteiger charge is -2.18.